The zero-order valence-corrected chi connectivity index (χ0v) is 31.7. The van der Waals surface area contributed by atoms with Crippen LogP contribution in [0, 0.1) is 0 Å². The van der Waals surface area contributed by atoms with Crippen LogP contribution in [0.4, 0.5) is 5.69 Å². The number of benzene rings is 10. The molecular weight excluding hydrogens is 701 g/mol. The summed E-state index contributed by atoms with van der Waals surface area (Å²) in [6.07, 6.45) is 0. The fraction of sp³-hybridized carbons (Fsp3) is 0.0179. The first kappa shape index (κ1) is 32.7. The molecule has 11 aromatic rings. The van der Waals surface area contributed by atoms with Gasteiger partial charge in [-0.15, -0.1) is 0 Å². The van der Waals surface area contributed by atoms with Gasteiger partial charge in [0, 0.05) is 16.5 Å². The summed E-state index contributed by atoms with van der Waals surface area (Å²) in [6.45, 7) is 0. The molecule has 0 radical (unpaired) electrons. The number of rotatable bonds is 5. The van der Waals surface area contributed by atoms with Crippen molar-refractivity contribution in [2.45, 2.75) is 5.41 Å². The van der Waals surface area contributed by atoms with Gasteiger partial charge in [-0.3, -0.25) is 4.99 Å². The first-order chi connectivity index (χ1) is 28.8. The van der Waals surface area contributed by atoms with E-state index in [2.05, 4.69) is 223 Å². The number of fused-ring (bicyclic) bond motifs is 11. The van der Waals surface area contributed by atoms with Crippen molar-refractivity contribution in [1.29, 1.82) is 0 Å². The Morgan fingerprint density at radius 2 is 0.845 bits per heavy atom. The van der Waals surface area contributed by atoms with E-state index in [0.717, 1.165) is 33.7 Å². The van der Waals surface area contributed by atoms with Crippen LogP contribution < -0.4 is 0 Å². The van der Waals surface area contributed by atoms with Crippen LogP contribution in [0.5, 0.6) is 0 Å². The maximum atomic E-state index is 5.74. The minimum atomic E-state index is -0.601. The summed E-state index contributed by atoms with van der Waals surface area (Å²) in [5, 5.41) is 10.1. The zero-order chi connectivity index (χ0) is 38.2. The average molecular weight is 737 g/mol. The fourth-order valence-corrected chi connectivity index (χ4v) is 9.96. The van der Waals surface area contributed by atoms with E-state index in [1.807, 2.05) is 0 Å². The Hall–Kier alpha value is -7.55. The van der Waals surface area contributed by atoms with Gasteiger partial charge in [0.05, 0.1) is 27.8 Å². The molecule has 0 bridgehead atoms. The van der Waals surface area contributed by atoms with Crippen LogP contribution in [0.2, 0.25) is 0 Å². The SMILES string of the molecule is c1ccc(C2=Nc3c(ccc4c3c3ccccc3n4-c3ccc(-c4ccc5c6ccccc6c6ccccc6c5c4)cc3)C2(c2ccccc2)c2ccccc2)cc1. The van der Waals surface area contributed by atoms with Crippen molar-refractivity contribution in [3.05, 3.63) is 241 Å². The Kier molecular flexibility index (Phi) is 7.18. The van der Waals surface area contributed by atoms with E-state index in [-0.39, 0.29) is 0 Å². The standard InChI is InChI=1S/C56H36N2/c1-4-16-38(17-5-1)55-56(40-18-6-2-7-19-40,41-20-8-3-9-21-41)50-34-35-52-53(54(50)57-55)48-26-14-15-27-51(48)58(52)42-31-28-37(29-32-42)39-30-33-47-45-24-11-10-22-43(45)44-23-12-13-25-46(44)49(47)36-39/h1-36H. The Morgan fingerprint density at radius 3 is 1.47 bits per heavy atom. The van der Waals surface area contributed by atoms with Gasteiger partial charge in [0.2, 0.25) is 0 Å². The molecule has 0 amide bonds. The van der Waals surface area contributed by atoms with Crippen molar-refractivity contribution in [2.24, 2.45) is 4.99 Å². The number of aliphatic imine (C=N–C) groups is 1. The summed E-state index contributed by atoms with van der Waals surface area (Å²) in [5.74, 6) is 0. The highest BCUT2D eigenvalue weighted by Gasteiger charge is 2.48. The van der Waals surface area contributed by atoms with Gasteiger partial charge in [0.25, 0.3) is 0 Å². The third kappa shape index (κ3) is 4.63. The lowest BCUT2D eigenvalue weighted by atomic mass is 9.65. The molecule has 2 nitrogen and oxygen atoms in total. The van der Waals surface area contributed by atoms with Crippen LogP contribution in [0.15, 0.2) is 223 Å². The molecule has 2 heterocycles. The fourth-order valence-electron chi connectivity index (χ4n) is 9.96. The van der Waals surface area contributed by atoms with Crippen molar-refractivity contribution < 1.29 is 0 Å². The quantitative estimate of drug-likeness (QED) is 0.157. The predicted molar refractivity (Wildman–Crippen MR) is 244 cm³/mol. The van der Waals surface area contributed by atoms with E-state index >= 15 is 0 Å². The highest BCUT2D eigenvalue weighted by atomic mass is 15.0. The van der Waals surface area contributed by atoms with Crippen LogP contribution in [-0.4, -0.2) is 10.3 Å². The number of hydrogen-bond donors (Lipinski definition) is 0. The first-order valence-corrected chi connectivity index (χ1v) is 20.1. The molecular formula is C56H36N2. The number of hydrogen-bond acceptors (Lipinski definition) is 1. The molecule has 0 saturated carbocycles. The number of nitrogens with zero attached hydrogens (tertiary/aromatic N) is 2. The third-order valence-electron chi connectivity index (χ3n) is 12.5. The van der Waals surface area contributed by atoms with E-state index in [1.54, 1.807) is 0 Å². The molecule has 0 saturated heterocycles. The first-order valence-electron chi connectivity index (χ1n) is 20.1. The van der Waals surface area contributed by atoms with Crippen LogP contribution in [0.3, 0.4) is 0 Å². The molecule has 2 heteroatoms. The normalized spacial score (nSPS) is 13.4. The highest BCUT2D eigenvalue weighted by Crippen LogP contribution is 2.54. The second-order valence-corrected chi connectivity index (χ2v) is 15.4. The molecule has 0 N–H and O–H groups in total. The van der Waals surface area contributed by atoms with Gasteiger partial charge in [-0.2, -0.15) is 0 Å². The van der Waals surface area contributed by atoms with Crippen molar-refractivity contribution in [2.75, 3.05) is 0 Å². The lowest BCUT2D eigenvalue weighted by Crippen LogP contribution is -2.36. The Labute approximate surface area is 336 Å². The smallest absolute Gasteiger partial charge is 0.0901 e. The van der Waals surface area contributed by atoms with E-state index in [1.165, 1.54) is 70.9 Å². The van der Waals surface area contributed by atoms with Crippen LogP contribution in [0.25, 0.3) is 70.9 Å². The molecule has 58 heavy (non-hydrogen) atoms. The van der Waals surface area contributed by atoms with Gasteiger partial charge in [-0.05, 0) is 96.0 Å². The third-order valence-corrected chi connectivity index (χ3v) is 12.5. The van der Waals surface area contributed by atoms with Gasteiger partial charge < -0.3 is 4.57 Å². The van der Waals surface area contributed by atoms with E-state index in [9.17, 15) is 0 Å². The topological polar surface area (TPSA) is 17.3 Å². The molecule has 12 rings (SSSR count). The molecule has 1 aliphatic heterocycles. The largest absolute Gasteiger partial charge is 0.309 e. The second-order valence-electron chi connectivity index (χ2n) is 15.4. The summed E-state index contributed by atoms with van der Waals surface area (Å²) in [5.41, 5.74) is 12.0. The van der Waals surface area contributed by atoms with Crippen LogP contribution in [-0.2, 0) is 5.41 Å². The summed E-state index contributed by atoms with van der Waals surface area (Å²) < 4.78 is 2.41. The summed E-state index contributed by atoms with van der Waals surface area (Å²) in [4.78, 5) is 5.74. The van der Waals surface area contributed by atoms with Crippen molar-refractivity contribution >= 4 is 65.5 Å². The van der Waals surface area contributed by atoms with Gasteiger partial charge >= 0.3 is 0 Å². The van der Waals surface area contributed by atoms with Gasteiger partial charge in [-0.25, -0.2) is 0 Å². The minimum Gasteiger partial charge on any atom is -0.309 e. The zero-order valence-electron chi connectivity index (χ0n) is 31.7. The average Bonchev–Trinajstić information content (AvgIpc) is 3.84. The van der Waals surface area contributed by atoms with E-state index in [0.29, 0.717) is 0 Å². The Bertz CT molecular complexity index is 3340. The summed E-state index contributed by atoms with van der Waals surface area (Å²) >= 11 is 0. The van der Waals surface area contributed by atoms with Crippen molar-refractivity contribution in [3.8, 4) is 16.8 Å². The van der Waals surface area contributed by atoms with Crippen LogP contribution >= 0.6 is 0 Å². The van der Waals surface area contributed by atoms with Gasteiger partial charge in [-0.1, -0.05) is 188 Å². The Balaban J connectivity index is 1.06. The number of para-hydroxylation sites is 1. The molecule has 270 valence electrons. The lowest BCUT2D eigenvalue weighted by molar-refractivity contribution is 0.852. The molecule has 0 spiro atoms. The predicted octanol–water partition coefficient (Wildman–Crippen LogP) is 14.4. The van der Waals surface area contributed by atoms with Crippen molar-refractivity contribution in [1.82, 2.24) is 4.57 Å². The maximum Gasteiger partial charge on any atom is 0.0901 e. The molecule has 0 fully saturated rings. The van der Waals surface area contributed by atoms with Crippen molar-refractivity contribution in [3.63, 3.8) is 0 Å². The van der Waals surface area contributed by atoms with E-state index < -0.39 is 5.41 Å². The molecule has 0 atom stereocenters. The summed E-state index contributed by atoms with van der Waals surface area (Å²) in [6, 6.07) is 79.6. The molecule has 10 aromatic carbocycles. The molecule has 0 unspecified atom stereocenters. The summed E-state index contributed by atoms with van der Waals surface area (Å²) in [7, 11) is 0. The Morgan fingerprint density at radius 1 is 0.345 bits per heavy atom. The van der Waals surface area contributed by atoms with Gasteiger partial charge in [0.1, 0.15) is 0 Å². The lowest BCUT2D eigenvalue weighted by Gasteiger charge is -2.34. The minimum absolute atomic E-state index is 0.601. The van der Waals surface area contributed by atoms with Crippen LogP contribution in [0.1, 0.15) is 22.3 Å². The highest BCUT2D eigenvalue weighted by molar-refractivity contribution is 6.26. The molecule has 1 aromatic heterocycles. The van der Waals surface area contributed by atoms with E-state index in [4.69, 9.17) is 4.99 Å². The second kappa shape index (κ2) is 12.7. The number of aromatic nitrogens is 1. The molecule has 0 aliphatic carbocycles. The maximum absolute atomic E-state index is 5.74. The molecule has 1 aliphatic rings. The van der Waals surface area contributed by atoms with Gasteiger partial charge in [0.15, 0.2) is 0 Å². The monoisotopic (exact) mass is 736 g/mol.